The van der Waals surface area contributed by atoms with Crippen LogP contribution in [-0.2, 0) is 0 Å². The van der Waals surface area contributed by atoms with Gasteiger partial charge in [-0.1, -0.05) is 12.1 Å². The van der Waals surface area contributed by atoms with E-state index in [1.165, 1.54) is 0 Å². The minimum absolute atomic E-state index is 0.433. The molecular formula is C13H13N2O2+. The van der Waals surface area contributed by atoms with Crippen LogP contribution < -0.4 is 15.0 Å². The fraction of sp³-hybridized carbons (Fsp3) is 0.0769. The van der Waals surface area contributed by atoms with Crippen molar-refractivity contribution in [3.8, 4) is 11.4 Å². The molecule has 0 saturated carbocycles. The van der Waals surface area contributed by atoms with E-state index in [9.17, 15) is 4.79 Å². The van der Waals surface area contributed by atoms with Gasteiger partial charge in [-0.05, 0) is 6.07 Å². The Labute approximate surface area is 99.3 Å². The molecule has 2 rings (SSSR count). The number of ether oxygens (including phenoxy) is 1. The monoisotopic (exact) mass is 229 g/mol. The maximum absolute atomic E-state index is 11.0. The van der Waals surface area contributed by atoms with Crippen LogP contribution >= 0.6 is 0 Å². The van der Waals surface area contributed by atoms with Gasteiger partial charge in [0.05, 0.1) is 12.7 Å². The number of hydrogen-bond acceptors (Lipinski definition) is 2. The summed E-state index contributed by atoms with van der Waals surface area (Å²) < 4.78 is 7.13. The highest BCUT2D eigenvalue weighted by Crippen LogP contribution is 2.16. The molecule has 0 atom stereocenters. The third kappa shape index (κ3) is 2.25. The Bertz CT molecular complexity index is 535. The zero-order valence-electron chi connectivity index (χ0n) is 9.46. The molecule has 0 fully saturated rings. The molecule has 4 heteroatoms. The third-order valence-electron chi connectivity index (χ3n) is 2.48. The van der Waals surface area contributed by atoms with Gasteiger partial charge in [-0.15, -0.1) is 0 Å². The summed E-state index contributed by atoms with van der Waals surface area (Å²) in [6.07, 6.45) is 3.55. The molecule has 2 N–H and O–H groups in total. The number of pyridine rings is 1. The molecule has 4 nitrogen and oxygen atoms in total. The third-order valence-corrected chi connectivity index (χ3v) is 2.48. The van der Waals surface area contributed by atoms with Gasteiger partial charge in [-0.25, -0.2) is 0 Å². The molecule has 0 saturated heterocycles. The van der Waals surface area contributed by atoms with Crippen molar-refractivity contribution in [2.24, 2.45) is 5.73 Å². The zero-order chi connectivity index (χ0) is 12.3. The van der Waals surface area contributed by atoms with Gasteiger partial charge in [-0.2, -0.15) is 4.57 Å². The Balaban J connectivity index is 2.43. The first kappa shape index (κ1) is 11.1. The predicted molar refractivity (Wildman–Crippen MR) is 63.0 cm³/mol. The maximum Gasteiger partial charge on any atom is 0.252 e. The lowest BCUT2D eigenvalue weighted by atomic mass is 10.2. The van der Waals surface area contributed by atoms with E-state index in [0.29, 0.717) is 5.56 Å². The van der Waals surface area contributed by atoms with Crippen molar-refractivity contribution in [3.05, 3.63) is 54.4 Å². The van der Waals surface area contributed by atoms with E-state index in [0.717, 1.165) is 11.4 Å². The van der Waals surface area contributed by atoms with Crippen LogP contribution in [0.3, 0.4) is 0 Å². The molecule has 1 aromatic carbocycles. The smallest absolute Gasteiger partial charge is 0.252 e. The van der Waals surface area contributed by atoms with Gasteiger partial charge < -0.3 is 10.5 Å². The first-order valence-electron chi connectivity index (χ1n) is 5.17. The van der Waals surface area contributed by atoms with Gasteiger partial charge in [-0.3, -0.25) is 4.79 Å². The number of carbonyl (C=O) groups is 1. The van der Waals surface area contributed by atoms with E-state index in [4.69, 9.17) is 10.5 Å². The molecule has 1 aromatic heterocycles. The number of primary amides is 1. The SMILES string of the molecule is COc1ccccc1-[n+]1ccc(C(N)=O)cc1. The number of carbonyl (C=O) groups excluding carboxylic acids is 1. The molecule has 0 aliphatic heterocycles. The predicted octanol–water partition coefficient (Wildman–Crippen LogP) is 1.07. The Morgan fingerprint density at radius 3 is 2.41 bits per heavy atom. The van der Waals surface area contributed by atoms with Gasteiger partial charge in [0, 0.05) is 18.2 Å². The van der Waals surface area contributed by atoms with E-state index >= 15 is 0 Å². The largest absolute Gasteiger partial charge is 0.490 e. The first-order valence-corrected chi connectivity index (χ1v) is 5.17. The molecule has 17 heavy (non-hydrogen) atoms. The van der Waals surface area contributed by atoms with Crippen molar-refractivity contribution in [1.82, 2.24) is 0 Å². The second-order valence-electron chi connectivity index (χ2n) is 3.53. The molecule has 0 aliphatic rings. The highest BCUT2D eigenvalue weighted by atomic mass is 16.5. The lowest BCUT2D eigenvalue weighted by Gasteiger charge is -2.02. The molecule has 0 radical (unpaired) electrons. The summed E-state index contributed by atoms with van der Waals surface area (Å²) in [7, 11) is 1.62. The van der Waals surface area contributed by atoms with Crippen molar-refractivity contribution in [3.63, 3.8) is 0 Å². The van der Waals surface area contributed by atoms with Crippen LogP contribution in [0, 0.1) is 0 Å². The molecule has 0 bridgehead atoms. The summed E-state index contributed by atoms with van der Waals surface area (Å²) in [5, 5.41) is 0. The molecule has 0 unspecified atom stereocenters. The highest BCUT2D eigenvalue weighted by molar-refractivity contribution is 5.92. The number of rotatable bonds is 3. The van der Waals surface area contributed by atoms with Crippen molar-refractivity contribution < 1.29 is 14.1 Å². The summed E-state index contributed by atoms with van der Waals surface area (Å²) in [5.74, 6) is 0.335. The van der Waals surface area contributed by atoms with Gasteiger partial charge in [0.2, 0.25) is 5.91 Å². The standard InChI is InChI=1S/C13H12N2O2/c1-17-12-5-3-2-4-11(12)15-8-6-10(7-9-15)13(14)16/h2-9H,1H3,(H-,14,16)/p+1. The second-order valence-corrected chi connectivity index (χ2v) is 3.53. The molecule has 0 spiro atoms. The minimum atomic E-state index is -0.433. The number of benzene rings is 1. The quantitative estimate of drug-likeness (QED) is 0.800. The lowest BCUT2D eigenvalue weighted by molar-refractivity contribution is -0.596. The van der Waals surface area contributed by atoms with Crippen LogP contribution in [0.15, 0.2) is 48.8 Å². The Kier molecular flexibility index (Phi) is 3.05. The normalized spacial score (nSPS) is 9.94. The summed E-state index contributed by atoms with van der Waals surface area (Å²) in [5.41, 5.74) is 6.58. The topological polar surface area (TPSA) is 56.2 Å². The van der Waals surface area contributed by atoms with E-state index in [-0.39, 0.29) is 0 Å². The summed E-state index contributed by atoms with van der Waals surface area (Å²) in [4.78, 5) is 11.0. The maximum atomic E-state index is 11.0. The average Bonchev–Trinajstić information content (AvgIpc) is 2.39. The summed E-state index contributed by atoms with van der Waals surface area (Å²) >= 11 is 0. The summed E-state index contributed by atoms with van der Waals surface area (Å²) in [6, 6.07) is 11.0. The van der Waals surface area contributed by atoms with Crippen LogP contribution in [-0.4, -0.2) is 13.0 Å². The molecular weight excluding hydrogens is 216 g/mol. The number of aromatic nitrogens is 1. The number of amides is 1. The van der Waals surface area contributed by atoms with Crippen LogP contribution in [0.5, 0.6) is 5.75 Å². The van der Waals surface area contributed by atoms with Gasteiger partial charge >= 0.3 is 0 Å². The van der Waals surface area contributed by atoms with Gasteiger partial charge in [0.15, 0.2) is 18.1 Å². The number of methoxy groups -OCH3 is 1. The van der Waals surface area contributed by atoms with Crippen molar-refractivity contribution in [1.29, 1.82) is 0 Å². The van der Waals surface area contributed by atoms with Crippen molar-refractivity contribution in [2.45, 2.75) is 0 Å². The Hall–Kier alpha value is -2.36. The molecule has 1 heterocycles. The average molecular weight is 229 g/mol. The number of nitrogens with two attached hydrogens (primary N) is 1. The molecule has 2 aromatic rings. The van der Waals surface area contributed by atoms with E-state index in [1.54, 1.807) is 31.6 Å². The Morgan fingerprint density at radius 1 is 1.18 bits per heavy atom. The van der Waals surface area contributed by atoms with Gasteiger partial charge in [0.25, 0.3) is 5.69 Å². The zero-order valence-corrected chi connectivity index (χ0v) is 9.46. The van der Waals surface area contributed by atoms with Crippen LogP contribution in [0.25, 0.3) is 5.69 Å². The number of hydrogen-bond donors (Lipinski definition) is 1. The van der Waals surface area contributed by atoms with E-state index < -0.39 is 5.91 Å². The van der Waals surface area contributed by atoms with Crippen molar-refractivity contribution >= 4 is 5.91 Å². The highest BCUT2D eigenvalue weighted by Gasteiger charge is 2.12. The van der Waals surface area contributed by atoms with E-state index in [1.807, 2.05) is 28.8 Å². The summed E-state index contributed by atoms with van der Waals surface area (Å²) in [6.45, 7) is 0. The molecule has 1 amide bonds. The van der Waals surface area contributed by atoms with Crippen molar-refractivity contribution in [2.75, 3.05) is 7.11 Å². The van der Waals surface area contributed by atoms with E-state index in [2.05, 4.69) is 0 Å². The van der Waals surface area contributed by atoms with Crippen LogP contribution in [0.1, 0.15) is 10.4 Å². The number of para-hydroxylation sites is 2. The molecule has 0 aliphatic carbocycles. The molecule has 86 valence electrons. The number of nitrogens with zero attached hydrogens (tertiary/aromatic N) is 1. The fourth-order valence-corrected chi connectivity index (χ4v) is 1.59. The fourth-order valence-electron chi connectivity index (χ4n) is 1.59. The van der Waals surface area contributed by atoms with Gasteiger partial charge in [0.1, 0.15) is 0 Å². The minimum Gasteiger partial charge on any atom is -0.490 e. The second kappa shape index (κ2) is 4.65. The Morgan fingerprint density at radius 2 is 1.82 bits per heavy atom. The van der Waals surface area contributed by atoms with Crippen LogP contribution in [0.2, 0.25) is 0 Å². The van der Waals surface area contributed by atoms with Crippen LogP contribution in [0.4, 0.5) is 0 Å². The first-order chi connectivity index (χ1) is 8.22. The lowest BCUT2D eigenvalue weighted by Crippen LogP contribution is -2.30.